The van der Waals surface area contributed by atoms with E-state index in [4.69, 9.17) is 0 Å². The van der Waals surface area contributed by atoms with Crippen LogP contribution in [0.1, 0.15) is 23.6 Å². The molecule has 0 heterocycles. The van der Waals surface area contributed by atoms with Gasteiger partial charge in [0.2, 0.25) is 0 Å². The van der Waals surface area contributed by atoms with Gasteiger partial charge in [0.1, 0.15) is 0 Å². The van der Waals surface area contributed by atoms with Gasteiger partial charge in [0.15, 0.2) is 5.78 Å². The molecule has 86 valence electrons. The maximum atomic E-state index is 12.3. The molecule has 0 spiro atoms. The molecule has 0 bridgehead atoms. The van der Waals surface area contributed by atoms with E-state index in [0.29, 0.717) is 11.1 Å². The molecule has 0 fully saturated rings. The van der Waals surface area contributed by atoms with E-state index in [9.17, 15) is 18.0 Å². The van der Waals surface area contributed by atoms with Crippen LogP contribution in [-0.4, -0.2) is 5.78 Å². The Hall–Kier alpha value is -1.58. The minimum absolute atomic E-state index is 0.140. The third-order valence-corrected chi connectivity index (χ3v) is 2.09. The van der Waals surface area contributed by atoms with Crippen LogP contribution in [0.15, 0.2) is 24.3 Å². The first-order valence-corrected chi connectivity index (χ1v) is 4.67. The van der Waals surface area contributed by atoms with E-state index in [-0.39, 0.29) is 5.78 Å². The minimum atomic E-state index is -4.33. The summed E-state index contributed by atoms with van der Waals surface area (Å²) in [7, 11) is 0. The highest BCUT2D eigenvalue weighted by molar-refractivity contribution is 5.91. The van der Waals surface area contributed by atoms with Crippen molar-refractivity contribution in [3.8, 4) is 0 Å². The molecule has 0 saturated carbocycles. The number of aryl methyl sites for hydroxylation is 1. The van der Waals surface area contributed by atoms with Crippen molar-refractivity contribution in [2.24, 2.45) is 0 Å². The van der Waals surface area contributed by atoms with E-state index in [1.165, 1.54) is 25.1 Å². The molecule has 0 unspecified atom stereocenters. The van der Waals surface area contributed by atoms with Crippen LogP contribution in [0.25, 0.3) is 6.08 Å². The fraction of sp³-hybridized carbons (Fsp3) is 0.250. The smallest absolute Gasteiger partial charge is 0.295 e. The number of halogens is 3. The highest BCUT2D eigenvalue weighted by atomic mass is 19.4. The zero-order valence-corrected chi connectivity index (χ0v) is 8.93. The van der Waals surface area contributed by atoms with Crippen molar-refractivity contribution in [3.63, 3.8) is 0 Å². The Labute approximate surface area is 91.6 Å². The molecule has 0 aromatic heterocycles. The molecule has 0 saturated heterocycles. The molecule has 0 aliphatic carbocycles. The fourth-order valence-corrected chi connectivity index (χ4v) is 1.25. The molecule has 0 atom stereocenters. The quantitative estimate of drug-likeness (QED) is 0.706. The first-order valence-electron chi connectivity index (χ1n) is 4.67. The average molecular weight is 228 g/mol. The summed E-state index contributed by atoms with van der Waals surface area (Å²) in [4.78, 5) is 10.7. The van der Waals surface area contributed by atoms with E-state index < -0.39 is 11.7 Å². The molecule has 1 rings (SSSR count). The maximum Gasteiger partial charge on any atom is 0.416 e. The summed E-state index contributed by atoms with van der Waals surface area (Å²) >= 11 is 0. The topological polar surface area (TPSA) is 17.1 Å². The van der Waals surface area contributed by atoms with Crippen LogP contribution in [0.5, 0.6) is 0 Å². The van der Waals surface area contributed by atoms with Gasteiger partial charge in [-0.05, 0) is 43.2 Å². The van der Waals surface area contributed by atoms with Crippen molar-refractivity contribution in [1.29, 1.82) is 0 Å². The van der Waals surface area contributed by atoms with Gasteiger partial charge in [0, 0.05) is 0 Å². The zero-order valence-electron chi connectivity index (χ0n) is 8.93. The molecule has 0 aliphatic heterocycles. The molecule has 0 N–H and O–H groups in total. The number of hydrogen-bond donors (Lipinski definition) is 0. The fourth-order valence-electron chi connectivity index (χ4n) is 1.25. The summed E-state index contributed by atoms with van der Waals surface area (Å²) < 4.78 is 37.0. The highest BCUT2D eigenvalue weighted by Gasteiger charge is 2.30. The largest absolute Gasteiger partial charge is 0.416 e. The van der Waals surface area contributed by atoms with Gasteiger partial charge in [0.05, 0.1) is 5.56 Å². The van der Waals surface area contributed by atoms with E-state index in [1.54, 1.807) is 6.92 Å². The van der Waals surface area contributed by atoms with E-state index >= 15 is 0 Å². The Kier molecular flexibility index (Phi) is 3.52. The van der Waals surface area contributed by atoms with Crippen molar-refractivity contribution in [2.45, 2.75) is 20.0 Å². The number of hydrogen-bond acceptors (Lipinski definition) is 1. The van der Waals surface area contributed by atoms with Crippen LogP contribution < -0.4 is 0 Å². The van der Waals surface area contributed by atoms with Gasteiger partial charge >= 0.3 is 6.18 Å². The lowest BCUT2D eigenvalue weighted by atomic mass is 10.0. The third kappa shape index (κ3) is 3.22. The summed E-state index contributed by atoms with van der Waals surface area (Å²) in [5.74, 6) is -0.140. The lowest BCUT2D eigenvalue weighted by Gasteiger charge is -2.08. The van der Waals surface area contributed by atoms with Crippen LogP contribution in [0.3, 0.4) is 0 Å². The average Bonchev–Trinajstić information content (AvgIpc) is 2.14. The van der Waals surface area contributed by atoms with Crippen molar-refractivity contribution >= 4 is 11.9 Å². The number of alkyl halides is 3. The van der Waals surface area contributed by atoms with Crippen molar-refractivity contribution < 1.29 is 18.0 Å². The summed E-state index contributed by atoms with van der Waals surface area (Å²) in [6, 6.07) is 3.43. The molecule has 16 heavy (non-hydrogen) atoms. The summed E-state index contributed by atoms with van der Waals surface area (Å²) in [5, 5.41) is 0. The molecule has 0 aliphatic rings. The number of carbonyl (C=O) groups excluding carboxylic acids is 1. The second-order valence-corrected chi connectivity index (χ2v) is 3.51. The number of rotatable bonds is 2. The molecular weight excluding hydrogens is 217 g/mol. The van der Waals surface area contributed by atoms with Gasteiger partial charge in [0.25, 0.3) is 0 Å². The highest BCUT2D eigenvalue weighted by Crippen LogP contribution is 2.30. The summed E-state index contributed by atoms with van der Waals surface area (Å²) in [6.45, 7) is 2.96. The van der Waals surface area contributed by atoms with Gasteiger partial charge < -0.3 is 0 Å². The third-order valence-electron chi connectivity index (χ3n) is 2.09. The Morgan fingerprint density at radius 2 is 1.94 bits per heavy atom. The van der Waals surface area contributed by atoms with Crippen LogP contribution in [0, 0.1) is 6.92 Å². The Morgan fingerprint density at radius 1 is 1.31 bits per heavy atom. The van der Waals surface area contributed by atoms with E-state index in [2.05, 4.69) is 0 Å². The molecule has 1 aromatic rings. The van der Waals surface area contributed by atoms with Crippen LogP contribution in [0.2, 0.25) is 0 Å². The van der Waals surface area contributed by atoms with E-state index in [1.807, 2.05) is 0 Å². The minimum Gasteiger partial charge on any atom is -0.295 e. The Balaban J connectivity index is 3.05. The molecule has 1 nitrogen and oxygen atoms in total. The molecule has 0 radical (unpaired) electrons. The zero-order chi connectivity index (χ0) is 12.3. The van der Waals surface area contributed by atoms with Gasteiger partial charge in [-0.2, -0.15) is 13.2 Å². The Morgan fingerprint density at radius 3 is 2.38 bits per heavy atom. The first-order chi connectivity index (χ1) is 7.30. The maximum absolute atomic E-state index is 12.3. The Bertz CT molecular complexity index is 430. The standard InChI is InChI=1S/C12H11F3O/c1-8-7-11(12(13,14)15)6-5-10(8)4-3-9(2)16/h3-7H,1-2H3/b4-3+. The van der Waals surface area contributed by atoms with Crippen molar-refractivity contribution in [3.05, 3.63) is 41.0 Å². The normalized spacial score (nSPS) is 12.1. The van der Waals surface area contributed by atoms with Crippen LogP contribution in [-0.2, 0) is 11.0 Å². The molecule has 4 heteroatoms. The lowest BCUT2D eigenvalue weighted by molar-refractivity contribution is -0.137. The number of allylic oxidation sites excluding steroid dienone is 1. The molecule has 0 amide bonds. The van der Waals surface area contributed by atoms with Gasteiger partial charge in [-0.1, -0.05) is 12.1 Å². The lowest BCUT2D eigenvalue weighted by Crippen LogP contribution is -2.05. The summed E-state index contributed by atoms with van der Waals surface area (Å²) in [6.07, 6.45) is -1.49. The predicted octanol–water partition coefficient (Wildman–Crippen LogP) is 3.62. The predicted molar refractivity (Wildman–Crippen MR) is 55.9 cm³/mol. The van der Waals surface area contributed by atoms with Crippen molar-refractivity contribution in [2.75, 3.05) is 0 Å². The number of carbonyl (C=O) groups is 1. The van der Waals surface area contributed by atoms with Crippen LogP contribution in [0.4, 0.5) is 13.2 Å². The summed E-state index contributed by atoms with van der Waals surface area (Å²) in [5.41, 5.74) is 0.431. The number of ketones is 1. The molecular formula is C12H11F3O. The second kappa shape index (κ2) is 4.51. The van der Waals surface area contributed by atoms with Crippen LogP contribution >= 0.6 is 0 Å². The second-order valence-electron chi connectivity index (χ2n) is 3.51. The van der Waals surface area contributed by atoms with Gasteiger partial charge in [-0.25, -0.2) is 0 Å². The van der Waals surface area contributed by atoms with Crippen molar-refractivity contribution in [1.82, 2.24) is 0 Å². The first kappa shape index (κ1) is 12.5. The SMILES string of the molecule is CC(=O)/C=C/c1ccc(C(F)(F)F)cc1C. The number of benzene rings is 1. The van der Waals surface area contributed by atoms with Gasteiger partial charge in [-0.15, -0.1) is 0 Å². The monoisotopic (exact) mass is 228 g/mol. The molecule has 1 aromatic carbocycles. The van der Waals surface area contributed by atoms with Gasteiger partial charge in [-0.3, -0.25) is 4.79 Å². The van der Waals surface area contributed by atoms with E-state index in [0.717, 1.165) is 12.1 Å².